The lowest BCUT2D eigenvalue weighted by Gasteiger charge is -2.21. The fourth-order valence-electron chi connectivity index (χ4n) is 1.48. The Bertz CT molecular complexity index is 457. The largest absolute Gasteiger partial charge is 0.480 e. The van der Waals surface area contributed by atoms with Gasteiger partial charge in [0.15, 0.2) is 0 Å². The summed E-state index contributed by atoms with van der Waals surface area (Å²) in [5.74, 6) is -2.72. The van der Waals surface area contributed by atoms with Gasteiger partial charge < -0.3 is 10.8 Å². The second-order valence-corrected chi connectivity index (χ2v) is 4.25. The van der Waals surface area contributed by atoms with Crippen LogP contribution in [0.15, 0.2) is 18.2 Å². The number of carboxylic acid groups (broad SMARTS) is 1. The number of carbonyl (C=O) groups is 2. The van der Waals surface area contributed by atoms with Crippen LogP contribution in [-0.2, 0) is 16.0 Å². The highest BCUT2D eigenvalue weighted by Gasteiger charge is 2.40. The number of primary amides is 1. The highest BCUT2D eigenvalue weighted by molar-refractivity contribution is 6.00. The molecule has 0 aliphatic heterocycles. The number of nitrogens with two attached hydrogens (primary N) is 1. The molecule has 92 valence electrons. The fraction of sp³-hybridized carbons (Fsp3) is 0.333. The Balaban J connectivity index is 3.15. The maximum Gasteiger partial charge on any atom is 0.319 e. The first kappa shape index (κ1) is 13.2. The van der Waals surface area contributed by atoms with Gasteiger partial charge in [0, 0.05) is 0 Å². The second kappa shape index (κ2) is 4.53. The van der Waals surface area contributed by atoms with Crippen LogP contribution in [0.25, 0.3) is 0 Å². The van der Waals surface area contributed by atoms with E-state index < -0.39 is 23.1 Å². The number of benzene rings is 1. The molecule has 1 aromatic rings. The summed E-state index contributed by atoms with van der Waals surface area (Å²) in [6.45, 7) is 2.96. The molecule has 0 radical (unpaired) electrons. The van der Waals surface area contributed by atoms with Crippen molar-refractivity contribution in [2.24, 2.45) is 11.1 Å². The quantitative estimate of drug-likeness (QED) is 0.776. The first-order valence-corrected chi connectivity index (χ1v) is 5.05. The molecule has 0 aromatic heterocycles. The Morgan fingerprint density at radius 3 is 2.53 bits per heavy atom. The van der Waals surface area contributed by atoms with Crippen molar-refractivity contribution in [2.45, 2.75) is 20.3 Å². The molecular formula is C12H14FNO3. The van der Waals surface area contributed by atoms with Crippen molar-refractivity contribution in [3.63, 3.8) is 0 Å². The van der Waals surface area contributed by atoms with E-state index in [9.17, 15) is 14.0 Å². The van der Waals surface area contributed by atoms with Crippen LogP contribution in [0.1, 0.15) is 18.1 Å². The summed E-state index contributed by atoms with van der Waals surface area (Å²) >= 11 is 0. The van der Waals surface area contributed by atoms with Crippen molar-refractivity contribution >= 4 is 11.9 Å². The van der Waals surface area contributed by atoms with Gasteiger partial charge in [-0.05, 0) is 43.5 Å². The van der Waals surface area contributed by atoms with Crippen LogP contribution in [-0.4, -0.2) is 17.0 Å². The lowest BCUT2D eigenvalue weighted by molar-refractivity contribution is -0.153. The maximum absolute atomic E-state index is 13.1. The highest BCUT2D eigenvalue weighted by Crippen LogP contribution is 2.25. The molecule has 0 saturated carbocycles. The van der Waals surface area contributed by atoms with Gasteiger partial charge in [-0.25, -0.2) is 4.39 Å². The van der Waals surface area contributed by atoms with E-state index in [1.165, 1.54) is 25.1 Å². The van der Waals surface area contributed by atoms with E-state index in [-0.39, 0.29) is 6.42 Å². The van der Waals surface area contributed by atoms with Crippen molar-refractivity contribution in [1.29, 1.82) is 0 Å². The lowest BCUT2D eigenvalue weighted by atomic mass is 9.82. The Hall–Kier alpha value is -1.91. The Labute approximate surface area is 98.2 Å². The third-order valence-electron chi connectivity index (χ3n) is 2.87. The molecule has 5 heteroatoms. The molecule has 17 heavy (non-hydrogen) atoms. The van der Waals surface area contributed by atoms with Gasteiger partial charge in [0.05, 0.1) is 0 Å². The minimum absolute atomic E-state index is 0.124. The minimum atomic E-state index is -1.72. The van der Waals surface area contributed by atoms with Crippen LogP contribution in [0.2, 0.25) is 0 Å². The number of hydrogen-bond donors (Lipinski definition) is 2. The van der Waals surface area contributed by atoms with E-state index in [2.05, 4.69) is 0 Å². The summed E-state index contributed by atoms with van der Waals surface area (Å²) in [7, 11) is 0. The number of amides is 1. The molecule has 1 rings (SSSR count). The van der Waals surface area contributed by atoms with Crippen molar-refractivity contribution in [3.05, 3.63) is 35.1 Å². The minimum Gasteiger partial charge on any atom is -0.480 e. The smallest absolute Gasteiger partial charge is 0.319 e. The van der Waals surface area contributed by atoms with Crippen LogP contribution < -0.4 is 5.73 Å². The van der Waals surface area contributed by atoms with Gasteiger partial charge in [-0.2, -0.15) is 0 Å². The lowest BCUT2D eigenvalue weighted by Crippen LogP contribution is -2.43. The second-order valence-electron chi connectivity index (χ2n) is 4.25. The topological polar surface area (TPSA) is 80.4 Å². The van der Waals surface area contributed by atoms with Gasteiger partial charge in [-0.3, -0.25) is 9.59 Å². The van der Waals surface area contributed by atoms with Gasteiger partial charge in [0.25, 0.3) is 0 Å². The van der Waals surface area contributed by atoms with E-state index in [0.717, 1.165) is 5.56 Å². The van der Waals surface area contributed by atoms with Gasteiger partial charge >= 0.3 is 5.97 Å². The Morgan fingerprint density at radius 2 is 2.06 bits per heavy atom. The average Bonchev–Trinajstić information content (AvgIpc) is 2.22. The van der Waals surface area contributed by atoms with Gasteiger partial charge in [0.1, 0.15) is 11.2 Å². The Kier molecular flexibility index (Phi) is 3.50. The average molecular weight is 239 g/mol. The molecule has 0 bridgehead atoms. The number of halogens is 1. The molecular weight excluding hydrogens is 225 g/mol. The zero-order valence-electron chi connectivity index (χ0n) is 9.66. The van der Waals surface area contributed by atoms with Crippen LogP contribution in [0, 0.1) is 18.2 Å². The molecule has 0 aliphatic carbocycles. The molecule has 0 heterocycles. The zero-order valence-corrected chi connectivity index (χ0v) is 9.66. The summed E-state index contributed by atoms with van der Waals surface area (Å²) in [5, 5.41) is 9.03. The number of aliphatic carboxylic acids is 1. The summed E-state index contributed by atoms with van der Waals surface area (Å²) in [6, 6.07) is 4.04. The van der Waals surface area contributed by atoms with Crippen molar-refractivity contribution in [2.75, 3.05) is 0 Å². The summed E-state index contributed by atoms with van der Waals surface area (Å²) in [4.78, 5) is 22.3. The molecule has 0 fully saturated rings. The van der Waals surface area contributed by atoms with E-state index >= 15 is 0 Å². The van der Waals surface area contributed by atoms with E-state index in [4.69, 9.17) is 10.8 Å². The standard InChI is InChI=1S/C12H14FNO3/c1-7-3-4-9(13)5-8(7)6-12(2,10(14)15)11(16)17/h3-5H,6H2,1-2H3,(H2,14,15)(H,16,17). The number of carbonyl (C=O) groups excluding carboxylic acids is 1. The van der Waals surface area contributed by atoms with Crippen molar-refractivity contribution in [1.82, 2.24) is 0 Å². The van der Waals surface area contributed by atoms with E-state index in [0.29, 0.717) is 5.56 Å². The zero-order chi connectivity index (χ0) is 13.2. The molecule has 1 amide bonds. The number of carboxylic acids is 1. The SMILES string of the molecule is Cc1ccc(F)cc1CC(C)(C(N)=O)C(=O)O. The van der Waals surface area contributed by atoms with Crippen LogP contribution in [0.3, 0.4) is 0 Å². The molecule has 4 nitrogen and oxygen atoms in total. The molecule has 0 spiro atoms. The van der Waals surface area contributed by atoms with E-state index in [1.807, 2.05) is 0 Å². The van der Waals surface area contributed by atoms with E-state index in [1.54, 1.807) is 6.92 Å². The summed E-state index contributed by atoms with van der Waals surface area (Å²) in [5.41, 5.74) is 4.56. The molecule has 1 aromatic carbocycles. The van der Waals surface area contributed by atoms with Gasteiger partial charge in [-0.1, -0.05) is 6.07 Å². The first-order valence-electron chi connectivity index (χ1n) is 5.05. The summed E-state index contributed by atoms with van der Waals surface area (Å²) < 4.78 is 13.1. The number of rotatable bonds is 4. The molecule has 3 N–H and O–H groups in total. The van der Waals surface area contributed by atoms with Gasteiger partial charge in [0.2, 0.25) is 5.91 Å². The predicted octanol–water partition coefficient (Wildman–Crippen LogP) is 1.25. The van der Waals surface area contributed by atoms with Crippen molar-refractivity contribution < 1.29 is 19.1 Å². The normalized spacial score (nSPS) is 14.1. The van der Waals surface area contributed by atoms with Crippen LogP contribution in [0.5, 0.6) is 0 Å². The molecule has 1 unspecified atom stereocenters. The molecule has 0 aliphatic rings. The number of aryl methyl sites for hydroxylation is 1. The number of hydrogen-bond acceptors (Lipinski definition) is 2. The third kappa shape index (κ3) is 2.61. The first-order chi connectivity index (χ1) is 7.77. The van der Waals surface area contributed by atoms with Crippen LogP contribution >= 0.6 is 0 Å². The predicted molar refractivity (Wildman–Crippen MR) is 59.8 cm³/mol. The summed E-state index contributed by atoms with van der Waals surface area (Å²) in [6.07, 6.45) is -0.124. The van der Waals surface area contributed by atoms with Crippen LogP contribution in [0.4, 0.5) is 4.39 Å². The maximum atomic E-state index is 13.1. The molecule has 0 saturated heterocycles. The fourth-order valence-corrected chi connectivity index (χ4v) is 1.48. The van der Waals surface area contributed by atoms with Gasteiger partial charge in [-0.15, -0.1) is 0 Å². The third-order valence-corrected chi connectivity index (χ3v) is 2.87. The van der Waals surface area contributed by atoms with Crippen molar-refractivity contribution in [3.8, 4) is 0 Å². The Morgan fingerprint density at radius 1 is 1.47 bits per heavy atom. The highest BCUT2D eigenvalue weighted by atomic mass is 19.1. The molecule has 1 atom stereocenters. The monoisotopic (exact) mass is 239 g/mol.